The minimum Gasteiger partial charge on any atom is -0.312 e. The van der Waals surface area contributed by atoms with E-state index in [1.165, 1.54) is 0 Å². The first kappa shape index (κ1) is 16.0. The van der Waals surface area contributed by atoms with E-state index in [2.05, 4.69) is 39.1 Å². The molecule has 0 radical (unpaired) electrons. The van der Waals surface area contributed by atoms with Crippen molar-refractivity contribution in [3.8, 4) is 0 Å². The fraction of sp³-hybridized carbons (Fsp3) is 0.688. The maximum atomic E-state index is 12.6. The quantitative estimate of drug-likeness (QED) is 0.857. The molecule has 19 heavy (non-hydrogen) atoms. The SMILES string of the molecule is CCC(C)NCc1c(C)cc(C)n(CC(C)C)c1=O. The Kier molecular flexibility index (Phi) is 5.80. The van der Waals surface area contributed by atoms with Crippen LogP contribution in [0.5, 0.6) is 0 Å². The third-order valence-corrected chi connectivity index (χ3v) is 3.62. The van der Waals surface area contributed by atoms with Crippen LogP contribution in [0.25, 0.3) is 0 Å². The molecule has 0 aliphatic carbocycles. The minimum atomic E-state index is 0.169. The van der Waals surface area contributed by atoms with Crippen molar-refractivity contribution in [1.82, 2.24) is 9.88 Å². The van der Waals surface area contributed by atoms with Gasteiger partial charge < -0.3 is 9.88 Å². The largest absolute Gasteiger partial charge is 0.312 e. The Bertz CT molecular complexity index is 474. The zero-order valence-corrected chi connectivity index (χ0v) is 13.2. The number of aryl methyl sites for hydroxylation is 2. The Morgan fingerprint density at radius 2 is 1.89 bits per heavy atom. The van der Waals surface area contributed by atoms with Crippen LogP contribution in [0.15, 0.2) is 10.9 Å². The molecule has 0 aliphatic rings. The molecular weight excluding hydrogens is 236 g/mol. The lowest BCUT2D eigenvalue weighted by Crippen LogP contribution is -2.33. The van der Waals surface area contributed by atoms with Gasteiger partial charge in [-0.25, -0.2) is 0 Å². The Morgan fingerprint density at radius 3 is 2.42 bits per heavy atom. The van der Waals surface area contributed by atoms with E-state index in [0.717, 1.165) is 29.8 Å². The van der Waals surface area contributed by atoms with Crippen LogP contribution in [-0.2, 0) is 13.1 Å². The van der Waals surface area contributed by atoms with Crippen LogP contribution in [0, 0.1) is 19.8 Å². The molecule has 1 aromatic heterocycles. The van der Waals surface area contributed by atoms with Crippen molar-refractivity contribution in [3.05, 3.63) is 33.2 Å². The van der Waals surface area contributed by atoms with Crippen molar-refractivity contribution in [2.45, 2.75) is 67.1 Å². The van der Waals surface area contributed by atoms with Gasteiger partial charge in [0, 0.05) is 30.4 Å². The average Bonchev–Trinajstić information content (AvgIpc) is 2.33. The molecule has 1 N–H and O–H groups in total. The number of hydrogen-bond acceptors (Lipinski definition) is 2. The van der Waals surface area contributed by atoms with Gasteiger partial charge in [-0.1, -0.05) is 20.8 Å². The highest BCUT2D eigenvalue weighted by Gasteiger charge is 2.11. The summed E-state index contributed by atoms with van der Waals surface area (Å²) < 4.78 is 1.91. The van der Waals surface area contributed by atoms with Gasteiger partial charge in [-0.15, -0.1) is 0 Å². The zero-order valence-electron chi connectivity index (χ0n) is 13.2. The van der Waals surface area contributed by atoms with E-state index in [1.807, 2.05) is 18.4 Å². The Hall–Kier alpha value is -1.09. The van der Waals surface area contributed by atoms with Gasteiger partial charge in [-0.3, -0.25) is 4.79 Å². The Morgan fingerprint density at radius 1 is 1.26 bits per heavy atom. The van der Waals surface area contributed by atoms with E-state index < -0.39 is 0 Å². The minimum absolute atomic E-state index is 0.169. The summed E-state index contributed by atoms with van der Waals surface area (Å²) in [7, 11) is 0. The molecule has 0 saturated carbocycles. The molecule has 0 aromatic carbocycles. The van der Waals surface area contributed by atoms with Gasteiger partial charge in [-0.05, 0) is 44.7 Å². The van der Waals surface area contributed by atoms with E-state index in [9.17, 15) is 4.79 Å². The molecule has 108 valence electrons. The first-order chi connectivity index (χ1) is 8.86. The summed E-state index contributed by atoms with van der Waals surface area (Å²) in [5.74, 6) is 0.481. The number of rotatable bonds is 6. The predicted octanol–water partition coefficient (Wildman–Crippen LogP) is 3.01. The molecule has 1 rings (SSSR count). The smallest absolute Gasteiger partial charge is 0.255 e. The summed E-state index contributed by atoms with van der Waals surface area (Å²) in [5.41, 5.74) is 3.23. The van der Waals surface area contributed by atoms with Crippen LogP contribution < -0.4 is 10.9 Å². The molecule has 1 atom stereocenters. The summed E-state index contributed by atoms with van der Waals surface area (Å²) in [4.78, 5) is 12.6. The molecule has 0 spiro atoms. The zero-order chi connectivity index (χ0) is 14.6. The van der Waals surface area contributed by atoms with Crippen LogP contribution in [0.2, 0.25) is 0 Å². The van der Waals surface area contributed by atoms with E-state index in [-0.39, 0.29) is 5.56 Å². The third-order valence-electron chi connectivity index (χ3n) is 3.62. The highest BCUT2D eigenvalue weighted by molar-refractivity contribution is 5.26. The highest BCUT2D eigenvalue weighted by atomic mass is 16.1. The summed E-state index contributed by atoms with van der Waals surface area (Å²) in [5, 5.41) is 3.42. The molecule has 1 heterocycles. The first-order valence-corrected chi connectivity index (χ1v) is 7.30. The van der Waals surface area contributed by atoms with Crippen molar-refractivity contribution >= 4 is 0 Å². The van der Waals surface area contributed by atoms with Crippen LogP contribution in [-0.4, -0.2) is 10.6 Å². The molecular formula is C16H28N2O. The molecule has 0 saturated heterocycles. The maximum Gasteiger partial charge on any atom is 0.255 e. The molecule has 3 heteroatoms. The van der Waals surface area contributed by atoms with E-state index in [4.69, 9.17) is 0 Å². The van der Waals surface area contributed by atoms with Crippen molar-refractivity contribution in [2.24, 2.45) is 5.92 Å². The predicted molar refractivity (Wildman–Crippen MR) is 81.6 cm³/mol. The van der Waals surface area contributed by atoms with E-state index in [1.54, 1.807) is 0 Å². The molecule has 3 nitrogen and oxygen atoms in total. The molecule has 1 aromatic rings. The van der Waals surface area contributed by atoms with E-state index >= 15 is 0 Å². The summed E-state index contributed by atoms with van der Waals surface area (Å²) in [6.45, 7) is 14.1. The van der Waals surface area contributed by atoms with Gasteiger partial charge in [0.15, 0.2) is 0 Å². The van der Waals surface area contributed by atoms with Gasteiger partial charge in [0.25, 0.3) is 5.56 Å². The lowest BCUT2D eigenvalue weighted by atomic mass is 10.1. The number of hydrogen-bond donors (Lipinski definition) is 1. The molecule has 0 fully saturated rings. The summed E-state index contributed by atoms with van der Waals surface area (Å²) in [6.07, 6.45) is 1.07. The number of aromatic nitrogens is 1. The van der Waals surface area contributed by atoms with Gasteiger partial charge in [-0.2, -0.15) is 0 Å². The van der Waals surface area contributed by atoms with E-state index in [0.29, 0.717) is 18.5 Å². The van der Waals surface area contributed by atoms with Crippen molar-refractivity contribution in [2.75, 3.05) is 0 Å². The number of pyridine rings is 1. The van der Waals surface area contributed by atoms with Gasteiger partial charge >= 0.3 is 0 Å². The third kappa shape index (κ3) is 4.20. The van der Waals surface area contributed by atoms with Crippen LogP contribution >= 0.6 is 0 Å². The normalized spacial score (nSPS) is 13.0. The van der Waals surface area contributed by atoms with Crippen LogP contribution in [0.1, 0.15) is 50.9 Å². The summed E-state index contributed by atoms with van der Waals surface area (Å²) >= 11 is 0. The molecule has 0 bridgehead atoms. The van der Waals surface area contributed by atoms with Crippen LogP contribution in [0.4, 0.5) is 0 Å². The Balaban J connectivity index is 3.07. The number of nitrogens with zero attached hydrogens (tertiary/aromatic N) is 1. The fourth-order valence-corrected chi connectivity index (χ4v) is 2.20. The van der Waals surface area contributed by atoms with Crippen molar-refractivity contribution < 1.29 is 0 Å². The first-order valence-electron chi connectivity index (χ1n) is 7.30. The molecule has 0 amide bonds. The monoisotopic (exact) mass is 264 g/mol. The lowest BCUT2D eigenvalue weighted by molar-refractivity contribution is 0.490. The molecule has 1 unspecified atom stereocenters. The molecule has 0 aliphatic heterocycles. The lowest BCUT2D eigenvalue weighted by Gasteiger charge is -2.18. The standard InChI is InChI=1S/C16H28N2O/c1-7-13(5)17-9-15-12(4)8-14(6)18(16(15)19)10-11(2)3/h8,11,13,17H,7,9-10H2,1-6H3. The second kappa shape index (κ2) is 6.90. The topological polar surface area (TPSA) is 34.0 Å². The second-order valence-corrected chi connectivity index (χ2v) is 5.95. The maximum absolute atomic E-state index is 12.6. The van der Waals surface area contributed by atoms with Gasteiger partial charge in [0.1, 0.15) is 0 Å². The number of nitrogens with one attached hydrogen (secondary N) is 1. The van der Waals surface area contributed by atoms with Crippen LogP contribution in [0.3, 0.4) is 0 Å². The second-order valence-electron chi connectivity index (χ2n) is 5.95. The van der Waals surface area contributed by atoms with Gasteiger partial charge in [0.05, 0.1) is 0 Å². The fourth-order valence-electron chi connectivity index (χ4n) is 2.20. The Labute approximate surface area is 117 Å². The van der Waals surface area contributed by atoms with Crippen molar-refractivity contribution in [1.29, 1.82) is 0 Å². The van der Waals surface area contributed by atoms with Gasteiger partial charge in [0.2, 0.25) is 0 Å². The summed E-state index contributed by atoms with van der Waals surface area (Å²) in [6, 6.07) is 2.57. The highest BCUT2D eigenvalue weighted by Crippen LogP contribution is 2.09. The average molecular weight is 264 g/mol. The van der Waals surface area contributed by atoms with Crippen molar-refractivity contribution in [3.63, 3.8) is 0 Å².